The van der Waals surface area contributed by atoms with Gasteiger partial charge in [0.25, 0.3) is 5.69 Å². The zero-order valence-corrected chi connectivity index (χ0v) is 9.51. The van der Waals surface area contributed by atoms with Crippen LogP contribution in [0.1, 0.15) is 12.6 Å². The third-order valence-electron chi connectivity index (χ3n) is 2.34. The van der Waals surface area contributed by atoms with E-state index < -0.39 is 4.92 Å². The molecule has 0 aliphatic carbocycles. The summed E-state index contributed by atoms with van der Waals surface area (Å²) < 4.78 is 0. The quantitative estimate of drug-likeness (QED) is 0.597. The number of aryl methyl sites for hydroxylation is 1. The molecule has 2 N–H and O–H groups in total. The first-order chi connectivity index (χ1) is 7.60. The van der Waals surface area contributed by atoms with Crippen LogP contribution in [-0.4, -0.2) is 29.5 Å². The van der Waals surface area contributed by atoms with E-state index in [1.807, 2.05) is 11.8 Å². The first kappa shape index (κ1) is 12.4. The van der Waals surface area contributed by atoms with Crippen LogP contribution < -0.4 is 10.6 Å². The van der Waals surface area contributed by atoms with Gasteiger partial charge in [0, 0.05) is 25.7 Å². The number of nitrogens with zero attached hydrogens (tertiary/aromatic N) is 3. The van der Waals surface area contributed by atoms with Crippen molar-refractivity contribution in [3.63, 3.8) is 0 Å². The molecule has 0 fully saturated rings. The lowest BCUT2D eigenvalue weighted by Crippen LogP contribution is -2.29. The molecule has 0 aliphatic heterocycles. The van der Waals surface area contributed by atoms with Crippen molar-refractivity contribution in [2.24, 2.45) is 5.73 Å². The normalized spacial score (nSPS) is 10.2. The summed E-state index contributed by atoms with van der Waals surface area (Å²) in [4.78, 5) is 16.4. The van der Waals surface area contributed by atoms with E-state index in [2.05, 4.69) is 4.98 Å². The van der Waals surface area contributed by atoms with E-state index in [1.165, 1.54) is 6.07 Å². The number of nitrogens with two attached hydrogens (primary N) is 1. The Hall–Kier alpha value is -1.69. The van der Waals surface area contributed by atoms with E-state index in [0.29, 0.717) is 18.8 Å². The lowest BCUT2D eigenvalue weighted by atomic mass is 10.3. The fourth-order valence-electron chi connectivity index (χ4n) is 1.50. The highest BCUT2D eigenvalue weighted by molar-refractivity contribution is 5.46. The summed E-state index contributed by atoms with van der Waals surface area (Å²) in [5, 5.41) is 10.6. The third kappa shape index (κ3) is 2.66. The van der Waals surface area contributed by atoms with Gasteiger partial charge >= 0.3 is 0 Å². The number of anilines is 1. The molecule has 88 valence electrons. The van der Waals surface area contributed by atoms with Crippen molar-refractivity contribution < 1.29 is 4.92 Å². The lowest BCUT2D eigenvalue weighted by Gasteiger charge is -2.21. The van der Waals surface area contributed by atoms with Crippen LogP contribution >= 0.6 is 0 Å². The van der Waals surface area contributed by atoms with Crippen LogP contribution in [0.15, 0.2) is 12.1 Å². The molecule has 1 aromatic rings. The van der Waals surface area contributed by atoms with Gasteiger partial charge in [0.2, 0.25) is 0 Å². The molecular weight excluding hydrogens is 208 g/mol. The fourth-order valence-corrected chi connectivity index (χ4v) is 1.50. The molecule has 6 heteroatoms. The smallest absolute Gasteiger partial charge is 0.290 e. The molecule has 16 heavy (non-hydrogen) atoms. The first-order valence-corrected chi connectivity index (χ1v) is 5.17. The van der Waals surface area contributed by atoms with E-state index >= 15 is 0 Å². The van der Waals surface area contributed by atoms with Gasteiger partial charge in [-0.3, -0.25) is 10.1 Å². The lowest BCUT2D eigenvalue weighted by molar-refractivity contribution is -0.385. The van der Waals surface area contributed by atoms with Gasteiger partial charge in [0.1, 0.15) is 11.5 Å². The van der Waals surface area contributed by atoms with Gasteiger partial charge in [-0.25, -0.2) is 4.98 Å². The molecule has 0 radical (unpaired) electrons. The molecule has 0 atom stereocenters. The van der Waals surface area contributed by atoms with Crippen molar-refractivity contribution in [3.8, 4) is 0 Å². The molecule has 1 heterocycles. The first-order valence-electron chi connectivity index (χ1n) is 5.17. The summed E-state index contributed by atoms with van der Waals surface area (Å²) in [6.45, 7) is 5.64. The molecule has 0 saturated heterocycles. The number of nitro groups is 1. The molecule has 0 spiro atoms. The Morgan fingerprint density at radius 2 is 2.25 bits per heavy atom. The van der Waals surface area contributed by atoms with Crippen LogP contribution in [0.5, 0.6) is 0 Å². The maximum Gasteiger partial charge on any atom is 0.290 e. The summed E-state index contributed by atoms with van der Waals surface area (Å²) >= 11 is 0. The van der Waals surface area contributed by atoms with E-state index in [4.69, 9.17) is 5.73 Å². The van der Waals surface area contributed by atoms with Crippen molar-refractivity contribution >= 4 is 11.5 Å². The maximum atomic E-state index is 10.6. The van der Waals surface area contributed by atoms with Gasteiger partial charge in [-0.1, -0.05) is 0 Å². The zero-order valence-electron chi connectivity index (χ0n) is 9.51. The van der Waals surface area contributed by atoms with E-state index in [1.54, 1.807) is 13.0 Å². The Kier molecular flexibility index (Phi) is 4.19. The van der Waals surface area contributed by atoms with Gasteiger partial charge in [0.05, 0.1) is 4.92 Å². The minimum Gasteiger partial charge on any atom is -0.356 e. The Balaban J connectivity index is 2.99. The van der Waals surface area contributed by atoms with Gasteiger partial charge in [-0.05, 0) is 19.9 Å². The summed E-state index contributed by atoms with van der Waals surface area (Å²) in [6.07, 6.45) is 0. The number of hydrogen-bond acceptors (Lipinski definition) is 5. The van der Waals surface area contributed by atoms with Crippen LogP contribution in [0, 0.1) is 17.0 Å². The van der Waals surface area contributed by atoms with Crippen molar-refractivity contribution in [2.45, 2.75) is 13.8 Å². The third-order valence-corrected chi connectivity index (χ3v) is 2.34. The molecule has 0 saturated carbocycles. The summed E-state index contributed by atoms with van der Waals surface area (Å²) in [5.41, 5.74) is 5.96. The Morgan fingerprint density at radius 1 is 1.56 bits per heavy atom. The summed E-state index contributed by atoms with van der Waals surface area (Å²) in [7, 11) is 0. The van der Waals surface area contributed by atoms with Crippen LogP contribution in [0.4, 0.5) is 11.5 Å². The van der Waals surface area contributed by atoms with E-state index in [0.717, 1.165) is 12.4 Å². The number of pyridine rings is 1. The summed E-state index contributed by atoms with van der Waals surface area (Å²) in [6, 6.07) is 3.14. The van der Waals surface area contributed by atoms with E-state index in [9.17, 15) is 10.1 Å². The van der Waals surface area contributed by atoms with Crippen LogP contribution in [0.25, 0.3) is 0 Å². The second-order valence-corrected chi connectivity index (χ2v) is 3.40. The van der Waals surface area contributed by atoms with Crippen LogP contribution in [0.3, 0.4) is 0 Å². The SMILES string of the molecule is CCN(CCN)c1ccc([N+](=O)[O-])c(C)n1. The molecule has 0 aromatic carbocycles. The molecule has 6 nitrogen and oxygen atoms in total. The van der Waals surface area contributed by atoms with Gasteiger partial charge in [0.15, 0.2) is 0 Å². The van der Waals surface area contributed by atoms with Crippen LogP contribution in [0.2, 0.25) is 0 Å². The van der Waals surface area contributed by atoms with Crippen molar-refractivity contribution in [3.05, 3.63) is 27.9 Å². The molecule has 0 bridgehead atoms. The number of aromatic nitrogens is 1. The van der Waals surface area contributed by atoms with Crippen molar-refractivity contribution in [1.82, 2.24) is 4.98 Å². The highest BCUT2D eigenvalue weighted by Crippen LogP contribution is 2.19. The largest absolute Gasteiger partial charge is 0.356 e. The fraction of sp³-hybridized carbons (Fsp3) is 0.500. The molecular formula is C10H16N4O2. The minimum atomic E-state index is -0.425. The second kappa shape index (κ2) is 5.41. The van der Waals surface area contributed by atoms with Gasteiger partial charge < -0.3 is 10.6 Å². The van der Waals surface area contributed by atoms with Gasteiger partial charge in [-0.15, -0.1) is 0 Å². The highest BCUT2D eigenvalue weighted by atomic mass is 16.6. The number of hydrogen-bond donors (Lipinski definition) is 1. The predicted octanol–water partition coefficient (Wildman–Crippen LogP) is 1.08. The van der Waals surface area contributed by atoms with E-state index in [-0.39, 0.29) is 5.69 Å². The molecule has 1 aromatic heterocycles. The number of likely N-dealkylation sites (N-methyl/N-ethyl adjacent to an activating group) is 1. The molecule has 0 unspecified atom stereocenters. The zero-order chi connectivity index (χ0) is 12.1. The van der Waals surface area contributed by atoms with Gasteiger partial charge in [-0.2, -0.15) is 0 Å². The molecule has 0 amide bonds. The standard InChI is InChI=1S/C10H16N4O2/c1-3-13(7-6-11)10-5-4-9(14(15)16)8(2)12-10/h4-5H,3,6-7,11H2,1-2H3. The van der Waals surface area contributed by atoms with Crippen LogP contribution in [-0.2, 0) is 0 Å². The predicted molar refractivity (Wildman–Crippen MR) is 62.6 cm³/mol. The number of rotatable bonds is 5. The maximum absolute atomic E-state index is 10.6. The highest BCUT2D eigenvalue weighted by Gasteiger charge is 2.13. The topological polar surface area (TPSA) is 85.3 Å². The van der Waals surface area contributed by atoms with Crippen molar-refractivity contribution in [2.75, 3.05) is 24.5 Å². The minimum absolute atomic E-state index is 0.0487. The second-order valence-electron chi connectivity index (χ2n) is 3.40. The Bertz CT molecular complexity index is 381. The Morgan fingerprint density at radius 3 is 2.69 bits per heavy atom. The van der Waals surface area contributed by atoms with Crippen molar-refractivity contribution in [1.29, 1.82) is 0 Å². The Labute approximate surface area is 94.2 Å². The monoisotopic (exact) mass is 224 g/mol. The summed E-state index contributed by atoms with van der Waals surface area (Å²) in [5.74, 6) is 0.732. The molecule has 1 rings (SSSR count). The molecule has 0 aliphatic rings. The average molecular weight is 224 g/mol. The average Bonchev–Trinajstić information content (AvgIpc) is 2.25.